The van der Waals surface area contributed by atoms with E-state index >= 15 is 0 Å². The predicted molar refractivity (Wildman–Crippen MR) is 102 cm³/mol. The Hall–Kier alpha value is -1.01. The maximum atomic E-state index is 12.1. The number of hydrogen-bond donors (Lipinski definition) is 1. The number of rotatable bonds is 6. The molecule has 1 aromatic carbocycles. The van der Waals surface area contributed by atoms with Crippen LogP contribution >= 0.6 is 24.8 Å². The van der Waals surface area contributed by atoms with Gasteiger partial charge in [0.15, 0.2) is 0 Å². The van der Waals surface area contributed by atoms with Crippen molar-refractivity contribution in [3.63, 3.8) is 0 Å². The fourth-order valence-corrected chi connectivity index (χ4v) is 2.65. The highest BCUT2D eigenvalue weighted by Crippen LogP contribution is 2.15. The van der Waals surface area contributed by atoms with Gasteiger partial charge in [0, 0.05) is 45.2 Å². The average molecular weight is 378 g/mol. The Balaban J connectivity index is 0.00000264. The first kappa shape index (κ1) is 23.0. The maximum absolute atomic E-state index is 12.1. The number of ether oxygens (including phenoxy) is 1. The van der Waals surface area contributed by atoms with E-state index in [9.17, 15) is 4.79 Å². The van der Waals surface area contributed by atoms with Crippen molar-refractivity contribution in [2.24, 2.45) is 11.7 Å². The van der Waals surface area contributed by atoms with Crippen molar-refractivity contribution < 1.29 is 9.53 Å². The van der Waals surface area contributed by atoms with Gasteiger partial charge in [0.2, 0.25) is 5.91 Å². The average Bonchev–Trinajstić information content (AvgIpc) is 2.56. The van der Waals surface area contributed by atoms with Crippen molar-refractivity contribution in [2.75, 3.05) is 39.3 Å². The molecule has 0 bridgehead atoms. The normalized spacial score (nSPS) is 15.9. The molecule has 0 radical (unpaired) electrons. The Morgan fingerprint density at radius 1 is 1.17 bits per heavy atom. The predicted octanol–water partition coefficient (Wildman–Crippen LogP) is 2.17. The van der Waals surface area contributed by atoms with Gasteiger partial charge < -0.3 is 15.4 Å². The minimum atomic E-state index is -0.0716. The third-order valence-corrected chi connectivity index (χ3v) is 4.10. The lowest BCUT2D eigenvalue weighted by molar-refractivity contribution is -0.136. The number of amides is 1. The maximum Gasteiger partial charge on any atom is 0.226 e. The molecule has 24 heavy (non-hydrogen) atoms. The van der Waals surface area contributed by atoms with Gasteiger partial charge in [-0.05, 0) is 24.6 Å². The Bertz CT molecular complexity index is 477. The van der Waals surface area contributed by atoms with Crippen molar-refractivity contribution in [3.05, 3.63) is 29.8 Å². The number of halogens is 2. The first-order valence-electron chi connectivity index (χ1n) is 8.07. The molecule has 0 saturated carbocycles. The monoisotopic (exact) mass is 377 g/mol. The third kappa shape index (κ3) is 6.48. The molecular formula is C17H29Cl2N3O2. The van der Waals surface area contributed by atoms with Crippen molar-refractivity contribution >= 4 is 30.7 Å². The molecule has 1 atom stereocenters. The van der Waals surface area contributed by atoms with Gasteiger partial charge in [0.25, 0.3) is 0 Å². The van der Waals surface area contributed by atoms with Gasteiger partial charge in [-0.3, -0.25) is 9.69 Å². The van der Waals surface area contributed by atoms with E-state index in [0.29, 0.717) is 13.2 Å². The molecule has 2 rings (SSSR count). The summed E-state index contributed by atoms with van der Waals surface area (Å²) in [6, 6.07) is 8.25. The van der Waals surface area contributed by atoms with Crippen LogP contribution in [-0.4, -0.2) is 55.0 Å². The van der Waals surface area contributed by atoms with E-state index in [1.807, 2.05) is 30.9 Å². The summed E-state index contributed by atoms with van der Waals surface area (Å²) in [4.78, 5) is 16.4. The molecule has 1 amide bonds. The number of hydrogen-bond acceptors (Lipinski definition) is 4. The lowest BCUT2D eigenvalue weighted by atomic mass is 10.1. The quantitative estimate of drug-likeness (QED) is 0.824. The number of benzene rings is 1. The summed E-state index contributed by atoms with van der Waals surface area (Å²) in [6.45, 7) is 9.32. The number of piperazine rings is 1. The smallest absolute Gasteiger partial charge is 0.226 e. The molecule has 138 valence electrons. The number of nitrogens with zero attached hydrogens (tertiary/aromatic N) is 2. The molecule has 5 nitrogen and oxygen atoms in total. The van der Waals surface area contributed by atoms with Crippen molar-refractivity contribution in [1.29, 1.82) is 0 Å². The van der Waals surface area contributed by atoms with E-state index in [-0.39, 0.29) is 36.6 Å². The molecule has 1 unspecified atom stereocenters. The van der Waals surface area contributed by atoms with E-state index in [1.54, 1.807) is 0 Å². The SMILES string of the molecule is CCOc1ccc(CN2CCN(C(=O)C(C)CN)CC2)cc1.Cl.Cl. The van der Waals surface area contributed by atoms with Gasteiger partial charge in [-0.2, -0.15) is 0 Å². The second-order valence-corrected chi connectivity index (χ2v) is 5.82. The molecule has 2 N–H and O–H groups in total. The summed E-state index contributed by atoms with van der Waals surface area (Å²) in [6.07, 6.45) is 0. The molecular weight excluding hydrogens is 349 g/mol. The Morgan fingerprint density at radius 3 is 2.25 bits per heavy atom. The van der Waals surface area contributed by atoms with Gasteiger partial charge in [-0.1, -0.05) is 19.1 Å². The second-order valence-electron chi connectivity index (χ2n) is 5.82. The van der Waals surface area contributed by atoms with Gasteiger partial charge in [0.1, 0.15) is 5.75 Å². The van der Waals surface area contributed by atoms with Gasteiger partial charge in [-0.25, -0.2) is 0 Å². The molecule has 1 saturated heterocycles. The Morgan fingerprint density at radius 2 is 1.75 bits per heavy atom. The molecule has 0 aromatic heterocycles. The molecule has 1 aromatic rings. The van der Waals surface area contributed by atoms with Gasteiger partial charge >= 0.3 is 0 Å². The van der Waals surface area contributed by atoms with Crippen molar-refractivity contribution in [1.82, 2.24) is 9.80 Å². The van der Waals surface area contributed by atoms with Crippen LogP contribution in [0.4, 0.5) is 0 Å². The zero-order chi connectivity index (χ0) is 15.9. The lowest BCUT2D eigenvalue weighted by Crippen LogP contribution is -2.50. The van der Waals surface area contributed by atoms with Crippen molar-refractivity contribution in [2.45, 2.75) is 20.4 Å². The van der Waals surface area contributed by atoms with E-state index in [2.05, 4.69) is 17.0 Å². The summed E-state index contributed by atoms with van der Waals surface area (Å²) in [5.41, 5.74) is 6.85. The van der Waals surface area contributed by atoms with Crippen molar-refractivity contribution in [3.8, 4) is 5.75 Å². The van der Waals surface area contributed by atoms with E-state index in [0.717, 1.165) is 38.5 Å². The van der Waals surface area contributed by atoms with Crippen LogP contribution in [-0.2, 0) is 11.3 Å². The van der Waals surface area contributed by atoms with Crippen LogP contribution < -0.4 is 10.5 Å². The highest BCUT2D eigenvalue weighted by Gasteiger charge is 2.24. The second kappa shape index (κ2) is 11.5. The lowest BCUT2D eigenvalue weighted by Gasteiger charge is -2.35. The largest absolute Gasteiger partial charge is 0.494 e. The zero-order valence-electron chi connectivity index (χ0n) is 14.4. The van der Waals surface area contributed by atoms with Gasteiger partial charge in [0.05, 0.1) is 6.61 Å². The molecule has 7 heteroatoms. The Labute approximate surface area is 157 Å². The molecule has 0 spiro atoms. The summed E-state index contributed by atoms with van der Waals surface area (Å²) in [5.74, 6) is 1.03. The summed E-state index contributed by atoms with van der Waals surface area (Å²) in [5, 5.41) is 0. The van der Waals surface area contributed by atoms with Crippen LogP contribution in [0.3, 0.4) is 0 Å². The first-order valence-corrected chi connectivity index (χ1v) is 8.07. The number of nitrogens with two attached hydrogens (primary N) is 1. The summed E-state index contributed by atoms with van der Waals surface area (Å²) in [7, 11) is 0. The Kier molecular flexibility index (Phi) is 11.0. The zero-order valence-corrected chi connectivity index (χ0v) is 16.1. The summed E-state index contributed by atoms with van der Waals surface area (Å²) < 4.78 is 5.46. The van der Waals surface area contributed by atoms with Crippen LogP contribution in [0.1, 0.15) is 19.4 Å². The fourth-order valence-electron chi connectivity index (χ4n) is 2.65. The minimum absolute atomic E-state index is 0. The van der Waals surface area contributed by atoms with Crippen LogP contribution in [0.25, 0.3) is 0 Å². The highest BCUT2D eigenvalue weighted by molar-refractivity contribution is 5.85. The van der Waals surface area contributed by atoms with Crippen LogP contribution in [0, 0.1) is 5.92 Å². The molecule has 1 aliphatic heterocycles. The minimum Gasteiger partial charge on any atom is -0.494 e. The highest BCUT2D eigenvalue weighted by atomic mass is 35.5. The van der Waals surface area contributed by atoms with Crippen LogP contribution in [0.15, 0.2) is 24.3 Å². The standard InChI is InChI=1S/C17H27N3O2.2ClH/c1-3-22-16-6-4-15(5-7-16)13-19-8-10-20(11-9-19)17(21)14(2)12-18;;/h4-7,14H,3,8-13,18H2,1-2H3;2*1H. The first-order chi connectivity index (χ1) is 10.6. The topological polar surface area (TPSA) is 58.8 Å². The third-order valence-electron chi connectivity index (χ3n) is 4.10. The van der Waals surface area contributed by atoms with E-state index in [4.69, 9.17) is 10.5 Å². The number of carbonyl (C=O) groups is 1. The number of carbonyl (C=O) groups excluding carboxylic acids is 1. The molecule has 0 aliphatic carbocycles. The molecule has 1 aliphatic rings. The molecule has 1 fully saturated rings. The van der Waals surface area contributed by atoms with E-state index < -0.39 is 0 Å². The van der Waals surface area contributed by atoms with E-state index in [1.165, 1.54) is 5.56 Å². The fraction of sp³-hybridized carbons (Fsp3) is 0.588. The van der Waals surface area contributed by atoms with Crippen LogP contribution in [0.5, 0.6) is 5.75 Å². The van der Waals surface area contributed by atoms with Gasteiger partial charge in [-0.15, -0.1) is 24.8 Å². The summed E-state index contributed by atoms with van der Waals surface area (Å²) >= 11 is 0. The van der Waals surface area contributed by atoms with Crippen LogP contribution in [0.2, 0.25) is 0 Å². The molecule has 1 heterocycles.